The summed E-state index contributed by atoms with van der Waals surface area (Å²) in [6.45, 7) is 1.87. The van der Waals surface area contributed by atoms with Crippen LogP contribution in [-0.2, 0) is 6.54 Å². The summed E-state index contributed by atoms with van der Waals surface area (Å²) in [7, 11) is 0. The van der Waals surface area contributed by atoms with E-state index >= 15 is 0 Å². The van der Waals surface area contributed by atoms with Gasteiger partial charge in [0.15, 0.2) is 0 Å². The third kappa shape index (κ3) is 3.89. The van der Waals surface area contributed by atoms with Crippen molar-refractivity contribution in [2.75, 3.05) is 6.54 Å². The molecule has 1 aromatic carbocycles. The van der Waals surface area contributed by atoms with Crippen LogP contribution in [0.4, 0.5) is 4.39 Å². The summed E-state index contributed by atoms with van der Waals surface area (Å²) in [6, 6.07) is 6.88. The van der Waals surface area contributed by atoms with Crippen molar-refractivity contribution in [3.63, 3.8) is 0 Å². The lowest BCUT2D eigenvalue weighted by Gasteiger charge is -2.21. The molecule has 2 nitrogen and oxygen atoms in total. The number of hydrogen-bond acceptors (Lipinski definition) is 3. The first-order chi connectivity index (χ1) is 10.3. The van der Waals surface area contributed by atoms with Gasteiger partial charge in [0.1, 0.15) is 10.8 Å². The summed E-state index contributed by atoms with van der Waals surface area (Å²) in [5.74, 6) is 0.646. The lowest BCUT2D eigenvalue weighted by Crippen LogP contribution is -2.24. The van der Waals surface area contributed by atoms with E-state index in [2.05, 4.69) is 10.3 Å². The second-order valence-electron chi connectivity index (χ2n) is 5.73. The molecule has 1 aliphatic rings. The summed E-state index contributed by atoms with van der Waals surface area (Å²) in [4.78, 5) is 5.31. The van der Waals surface area contributed by atoms with Crippen molar-refractivity contribution in [3.05, 3.63) is 41.3 Å². The summed E-state index contributed by atoms with van der Waals surface area (Å²) in [6.07, 6.45) is 8.63. The molecule has 1 N–H and O–H groups in total. The maximum Gasteiger partial charge on any atom is 0.131 e. The van der Waals surface area contributed by atoms with Crippen molar-refractivity contribution < 1.29 is 4.39 Å². The molecule has 1 aliphatic carbocycles. The maximum absolute atomic E-state index is 13.7. The van der Waals surface area contributed by atoms with Crippen LogP contribution in [0, 0.1) is 11.7 Å². The minimum Gasteiger partial charge on any atom is -0.310 e. The molecule has 0 unspecified atom stereocenters. The minimum absolute atomic E-state index is 0.178. The van der Waals surface area contributed by atoms with Crippen LogP contribution in [0.3, 0.4) is 0 Å². The number of halogens is 1. The lowest BCUT2D eigenvalue weighted by atomic mass is 9.89. The quantitative estimate of drug-likeness (QED) is 0.872. The molecule has 1 heterocycles. The van der Waals surface area contributed by atoms with E-state index in [0.717, 1.165) is 28.9 Å². The smallest absolute Gasteiger partial charge is 0.131 e. The number of hydrogen-bond donors (Lipinski definition) is 1. The fourth-order valence-corrected chi connectivity index (χ4v) is 3.87. The van der Waals surface area contributed by atoms with Gasteiger partial charge in [-0.05, 0) is 31.4 Å². The average Bonchev–Trinajstić information content (AvgIpc) is 2.97. The van der Waals surface area contributed by atoms with Crippen molar-refractivity contribution >= 4 is 11.3 Å². The second-order valence-corrected chi connectivity index (χ2v) is 6.85. The van der Waals surface area contributed by atoms with E-state index < -0.39 is 0 Å². The molecule has 21 heavy (non-hydrogen) atoms. The van der Waals surface area contributed by atoms with E-state index in [-0.39, 0.29) is 5.82 Å². The Kier molecular flexibility index (Phi) is 4.99. The Morgan fingerprint density at radius 2 is 2.00 bits per heavy atom. The van der Waals surface area contributed by atoms with E-state index in [4.69, 9.17) is 0 Å². The standard InChI is InChI=1S/C17H21FN2S/c18-15-9-5-4-8-14(15)16-11-20-17(21-16)12-19-10-13-6-2-1-3-7-13/h4-5,8-9,11,13,19H,1-3,6-7,10,12H2. The van der Waals surface area contributed by atoms with Gasteiger partial charge >= 0.3 is 0 Å². The topological polar surface area (TPSA) is 24.9 Å². The van der Waals surface area contributed by atoms with Gasteiger partial charge in [0.2, 0.25) is 0 Å². The molecule has 1 saturated carbocycles. The molecule has 0 saturated heterocycles. The lowest BCUT2D eigenvalue weighted by molar-refractivity contribution is 0.342. The van der Waals surface area contributed by atoms with Gasteiger partial charge in [0.25, 0.3) is 0 Å². The van der Waals surface area contributed by atoms with Crippen molar-refractivity contribution in [1.82, 2.24) is 10.3 Å². The Morgan fingerprint density at radius 3 is 2.81 bits per heavy atom. The Balaban J connectivity index is 1.54. The van der Waals surface area contributed by atoms with E-state index in [1.807, 2.05) is 12.1 Å². The summed E-state index contributed by atoms with van der Waals surface area (Å²) in [5.41, 5.74) is 0.647. The zero-order valence-corrected chi connectivity index (χ0v) is 13.0. The monoisotopic (exact) mass is 304 g/mol. The van der Waals surface area contributed by atoms with Crippen LogP contribution >= 0.6 is 11.3 Å². The third-order valence-corrected chi connectivity index (χ3v) is 5.16. The molecule has 3 rings (SSSR count). The summed E-state index contributed by atoms with van der Waals surface area (Å²) in [5, 5.41) is 4.54. The Morgan fingerprint density at radius 1 is 1.19 bits per heavy atom. The largest absolute Gasteiger partial charge is 0.310 e. The average molecular weight is 304 g/mol. The van der Waals surface area contributed by atoms with Crippen LogP contribution in [-0.4, -0.2) is 11.5 Å². The zero-order valence-electron chi connectivity index (χ0n) is 12.1. The Labute approximate surface area is 129 Å². The fourth-order valence-electron chi connectivity index (χ4n) is 2.95. The highest BCUT2D eigenvalue weighted by molar-refractivity contribution is 7.15. The Hall–Kier alpha value is -1.26. The molecule has 112 valence electrons. The first-order valence-electron chi connectivity index (χ1n) is 7.73. The van der Waals surface area contributed by atoms with Crippen LogP contribution in [0.15, 0.2) is 30.5 Å². The predicted octanol–water partition coefficient (Wildman–Crippen LogP) is 4.62. The SMILES string of the molecule is Fc1ccccc1-c1cnc(CNCC2CCCCC2)s1. The molecule has 0 aliphatic heterocycles. The number of nitrogens with one attached hydrogen (secondary N) is 1. The third-order valence-electron chi connectivity index (χ3n) is 4.13. The van der Waals surface area contributed by atoms with Gasteiger partial charge in [-0.15, -0.1) is 11.3 Å². The summed E-state index contributed by atoms with van der Waals surface area (Å²) < 4.78 is 13.7. The number of thiazole rings is 1. The molecule has 4 heteroatoms. The molecule has 0 bridgehead atoms. The first-order valence-corrected chi connectivity index (χ1v) is 8.55. The number of aromatic nitrogens is 1. The fraction of sp³-hybridized carbons (Fsp3) is 0.471. The molecule has 0 spiro atoms. The van der Waals surface area contributed by atoms with Gasteiger partial charge in [-0.3, -0.25) is 0 Å². The van der Waals surface area contributed by atoms with E-state index in [9.17, 15) is 4.39 Å². The summed E-state index contributed by atoms with van der Waals surface area (Å²) >= 11 is 1.57. The van der Waals surface area contributed by atoms with Crippen LogP contribution in [0.25, 0.3) is 10.4 Å². The maximum atomic E-state index is 13.7. The molecular weight excluding hydrogens is 283 g/mol. The highest BCUT2D eigenvalue weighted by Gasteiger charge is 2.13. The van der Waals surface area contributed by atoms with Crippen molar-refractivity contribution in [2.24, 2.45) is 5.92 Å². The first kappa shape index (κ1) is 14.7. The van der Waals surface area contributed by atoms with Crippen LogP contribution < -0.4 is 5.32 Å². The molecule has 0 radical (unpaired) electrons. The van der Waals surface area contributed by atoms with E-state index in [1.165, 1.54) is 38.2 Å². The van der Waals surface area contributed by atoms with Crippen LogP contribution in [0.1, 0.15) is 37.1 Å². The van der Waals surface area contributed by atoms with Gasteiger partial charge in [0.05, 0.1) is 4.88 Å². The van der Waals surface area contributed by atoms with Crippen LogP contribution in [0.5, 0.6) is 0 Å². The molecule has 1 aromatic heterocycles. The highest BCUT2D eigenvalue weighted by atomic mass is 32.1. The van der Waals surface area contributed by atoms with Gasteiger partial charge in [-0.1, -0.05) is 37.5 Å². The van der Waals surface area contributed by atoms with Gasteiger partial charge in [-0.2, -0.15) is 0 Å². The van der Waals surface area contributed by atoms with Crippen molar-refractivity contribution in [1.29, 1.82) is 0 Å². The minimum atomic E-state index is -0.178. The molecule has 2 aromatic rings. The molecule has 0 amide bonds. The predicted molar refractivity (Wildman–Crippen MR) is 85.8 cm³/mol. The van der Waals surface area contributed by atoms with E-state index in [0.29, 0.717) is 5.56 Å². The molecular formula is C17H21FN2S. The molecule has 0 atom stereocenters. The van der Waals surface area contributed by atoms with Gasteiger partial charge in [-0.25, -0.2) is 9.37 Å². The number of nitrogens with zero attached hydrogens (tertiary/aromatic N) is 1. The van der Waals surface area contributed by atoms with Crippen molar-refractivity contribution in [3.8, 4) is 10.4 Å². The Bertz CT molecular complexity index is 576. The van der Waals surface area contributed by atoms with Crippen LogP contribution in [0.2, 0.25) is 0 Å². The second kappa shape index (κ2) is 7.14. The number of rotatable bonds is 5. The highest BCUT2D eigenvalue weighted by Crippen LogP contribution is 2.28. The number of benzene rings is 1. The van der Waals surface area contributed by atoms with Gasteiger partial charge in [0, 0.05) is 18.3 Å². The molecule has 1 fully saturated rings. The normalized spacial score (nSPS) is 16.2. The van der Waals surface area contributed by atoms with Gasteiger partial charge < -0.3 is 5.32 Å². The van der Waals surface area contributed by atoms with E-state index in [1.54, 1.807) is 23.6 Å². The zero-order chi connectivity index (χ0) is 14.5. The van der Waals surface area contributed by atoms with Crippen molar-refractivity contribution in [2.45, 2.75) is 38.6 Å².